The van der Waals surface area contributed by atoms with E-state index in [1.165, 1.54) is 11.1 Å². The van der Waals surface area contributed by atoms with Gasteiger partial charge in [-0.2, -0.15) is 0 Å². The highest BCUT2D eigenvalue weighted by molar-refractivity contribution is 6.32. The fourth-order valence-electron chi connectivity index (χ4n) is 1.66. The van der Waals surface area contributed by atoms with Crippen molar-refractivity contribution in [2.24, 2.45) is 0 Å². The molecule has 0 aliphatic rings. The number of benzene rings is 1. The van der Waals surface area contributed by atoms with Gasteiger partial charge in [-0.3, -0.25) is 0 Å². The molecule has 0 saturated heterocycles. The maximum Gasteiger partial charge on any atom is 0.0398 e. The summed E-state index contributed by atoms with van der Waals surface area (Å²) in [5.41, 5.74) is 3.60. The SMILES string of the molecule is C=C/C=C(C/C=C\c1ccccc1C)\C(Cl)=C/C. The lowest BCUT2D eigenvalue weighted by Crippen LogP contribution is -1.82. The summed E-state index contributed by atoms with van der Waals surface area (Å²) in [5, 5.41) is 0.782. The van der Waals surface area contributed by atoms with E-state index in [0.717, 1.165) is 17.0 Å². The second kappa shape index (κ2) is 7.73. The van der Waals surface area contributed by atoms with Crippen molar-refractivity contribution < 1.29 is 0 Å². The number of hydrogen-bond donors (Lipinski definition) is 0. The van der Waals surface area contributed by atoms with Crippen LogP contribution in [0, 0.1) is 6.92 Å². The Balaban J connectivity index is 2.78. The summed E-state index contributed by atoms with van der Waals surface area (Å²) in [6.45, 7) is 7.76. The van der Waals surface area contributed by atoms with Crippen LogP contribution in [-0.4, -0.2) is 0 Å². The second-order valence-electron chi connectivity index (χ2n) is 4.03. The quantitative estimate of drug-likeness (QED) is 0.599. The van der Waals surface area contributed by atoms with E-state index >= 15 is 0 Å². The molecule has 0 aliphatic carbocycles. The minimum Gasteiger partial charge on any atom is -0.0991 e. The van der Waals surface area contributed by atoms with Gasteiger partial charge in [-0.05, 0) is 37.0 Å². The Morgan fingerprint density at radius 3 is 2.67 bits per heavy atom. The van der Waals surface area contributed by atoms with Gasteiger partial charge in [-0.15, -0.1) is 0 Å². The molecule has 0 N–H and O–H groups in total. The fourth-order valence-corrected chi connectivity index (χ4v) is 1.80. The smallest absolute Gasteiger partial charge is 0.0398 e. The monoisotopic (exact) mass is 258 g/mol. The predicted molar refractivity (Wildman–Crippen MR) is 82.7 cm³/mol. The Labute approximate surface area is 115 Å². The molecular weight excluding hydrogens is 240 g/mol. The molecule has 0 saturated carbocycles. The van der Waals surface area contributed by atoms with E-state index in [2.05, 4.69) is 37.8 Å². The van der Waals surface area contributed by atoms with Crippen LogP contribution in [-0.2, 0) is 0 Å². The maximum absolute atomic E-state index is 6.13. The first-order valence-corrected chi connectivity index (χ1v) is 6.42. The molecule has 94 valence electrons. The summed E-state index contributed by atoms with van der Waals surface area (Å²) in [7, 11) is 0. The van der Waals surface area contributed by atoms with Crippen molar-refractivity contribution in [1.29, 1.82) is 0 Å². The molecule has 0 amide bonds. The van der Waals surface area contributed by atoms with E-state index in [9.17, 15) is 0 Å². The first kappa shape index (κ1) is 14.5. The normalized spacial score (nSPS) is 13.1. The van der Waals surface area contributed by atoms with E-state index in [4.69, 9.17) is 11.6 Å². The molecule has 0 heterocycles. The fraction of sp³-hybridized carbons (Fsp3) is 0.176. The Kier molecular flexibility index (Phi) is 6.24. The number of hydrogen-bond acceptors (Lipinski definition) is 0. The minimum atomic E-state index is 0.782. The lowest BCUT2D eigenvalue weighted by Gasteiger charge is -2.02. The maximum atomic E-state index is 6.13. The summed E-state index contributed by atoms with van der Waals surface area (Å²) in [6.07, 6.45) is 10.7. The van der Waals surface area contributed by atoms with Crippen molar-refractivity contribution in [3.05, 3.63) is 76.9 Å². The van der Waals surface area contributed by atoms with Gasteiger partial charge in [-0.1, -0.05) is 72.8 Å². The van der Waals surface area contributed by atoms with Gasteiger partial charge in [0, 0.05) is 5.03 Å². The summed E-state index contributed by atoms with van der Waals surface area (Å²) >= 11 is 6.13. The van der Waals surface area contributed by atoms with Gasteiger partial charge in [-0.25, -0.2) is 0 Å². The van der Waals surface area contributed by atoms with Gasteiger partial charge in [0.25, 0.3) is 0 Å². The number of aryl methyl sites for hydroxylation is 1. The van der Waals surface area contributed by atoms with E-state index in [1.807, 2.05) is 31.2 Å². The van der Waals surface area contributed by atoms with E-state index in [1.54, 1.807) is 6.08 Å². The van der Waals surface area contributed by atoms with Crippen LogP contribution in [0.1, 0.15) is 24.5 Å². The number of allylic oxidation sites excluding steroid dienone is 6. The van der Waals surface area contributed by atoms with Crippen molar-refractivity contribution in [3.8, 4) is 0 Å². The molecule has 1 aromatic rings. The van der Waals surface area contributed by atoms with Crippen molar-refractivity contribution in [1.82, 2.24) is 0 Å². The third-order valence-electron chi connectivity index (χ3n) is 2.70. The van der Waals surface area contributed by atoms with Gasteiger partial charge >= 0.3 is 0 Å². The van der Waals surface area contributed by atoms with Crippen LogP contribution in [0.5, 0.6) is 0 Å². The second-order valence-corrected chi connectivity index (χ2v) is 4.43. The highest BCUT2D eigenvalue weighted by atomic mass is 35.5. The molecule has 18 heavy (non-hydrogen) atoms. The summed E-state index contributed by atoms with van der Waals surface area (Å²) in [5.74, 6) is 0. The van der Waals surface area contributed by atoms with Crippen LogP contribution in [0.2, 0.25) is 0 Å². The van der Waals surface area contributed by atoms with Crippen LogP contribution in [0.25, 0.3) is 6.08 Å². The largest absolute Gasteiger partial charge is 0.0991 e. The molecule has 0 unspecified atom stereocenters. The van der Waals surface area contributed by atoms with Crippen LogP contribution < -0.4 is 0 Å². The molecule has 0 nitrogen and oxygen atoms in total. The topological polar surface area (TPSA) is 0 Å². The molecule has 1 aromatic carbocycles. The Hall–Kier alpha value is -1.53. The van der Waals surface area contributed by atoms with E-state index in [-0.39, 0.29) is 0 Å². The Bertz CT molecular complexity index is 490. The Morgan fingerprint density at radius 2 is 2.06 bits per heavy atom. The zero-order valence-corrected chi connectivity index (χ0v) is 11.7. The van der Waals surface area contributed by atoms with Crippen molar-refractivity contribution in [3.63, 3.8) is 0 Å². The molecular formula is C17H19Cl. The highest BCUT2D eigenvalue weighted by Gasteiger charge is 1.98. The van der Waals surface area contributed by atoms with Gasteiger partial charge in [0.15, 0.2) is 0 Å². The predicted octanol–water partition coefficient (Wildman–Crippen LogP) is 5.65. The molecule has 0 aromatic heterocycles. The standard InChI is InChI=1S/C17H19Cl/c1-4-9-16(17(18)5-2)13-8-12-15-11-7-6-10-14(15)3/h4-12H,1,13H2,2-3H3/b12-8-,16-9-,17-5+. The number of rotatable bonds is 5. The lowest BCUT2D eigenvalue weighted by atomic mass is 10.1. The summed E-state index contributed by atoms with van der Waals surface area (Å²) < 4.78 is 0. The molecule has 1 rings (SSSR count). The van der Waals surface area contributed by atoms with Crippen LogP contribution in [0.15, 0.2) is 65.8 Å². The Morgan fingerprint density at radius 1 is 1.33 bits per heavy atom. The van der Waals surface area contributed by atoms with E-state index in [0.29, 0.717) is 0 Å². The number of halogens is 1. The first-order chi connectivity index (χ1) is 8.69. The van der Waals surface area contributed by atoms with Gasteiger partial charge < -0.3 is 0 Å². The van der Waals surface area contributed by atoms with Gasteiger partial charge in [0.05, 0.1) is 0 Å². The minimum absolute atomic E-state index is 0.782. The highest BCUT2D eigenvalue weighted by Crippen LogP contribution is 2.20. The van der Waals surface area contributed by atoms with Crippen LogP contribution >= 0.6 is 11.6 Å². The lowest BCUT2D eigenvalue weighted by molar-refractivity contribution is 1.27. The van der Waals surface area contributed by atoms with Crippen molar-refractivity contribution in [2.75, 3.05) is 0 Å². The average molecular weight is 259 g/mol. The zero-order valence-electron chi connectivity index (χ0n) is 11.0. The van der Waals surface area contributed by atoms with Gasteiger partial charge in [0.2, 0.25) is 0 Å². The van der Waals surface area contributed by atoms with Crippen LogP contribution in [0.3, 0.4) is 0 Å². The van der Waals surface area contributed by atoms with Crippen molar-refractivity contribution in [2.45, 2.75) is 20.3 Å². The van der Waals surface area contributed by atoms with Gasteiger partial charge in [0.1, 0.15) is 0 Å². The molecule has 0 fully saturated rings. The molecule has 0 bridgehead atoms. The molecule has 0 atom stereocenters. The third kappa shape index (κ3) is 4.38. The molecule has 0 aliphatic heterocycles. The van der Waals surface area contributed by atoms with Crippen molar-refractivity contribution >= 4 is 17.7 Å². The van der Waals surface area contributed by atoms with Crippen LogP contribution in [0.4, 0.5) is 0 Å². The third-order valence-corrected chi connectivity index (χ3v) is 3.16. The summed E-state index contributed by atoms with van der Waals surface area (Å²) in [4.78, 5) is 0. The summed E-state index contributed by atoms with van der Waals surface area (Å²) in [6, 6.07) is 8.32. The van der Waals surface area contributed by atoms with E-state index < -0.39 is 0 Å². The molecule has 0 spiro atoms. The first-order valence-electron chi connectivity index (χ1n) is 6.05. The zero-order chi connectivity index (χ0) is 13.4. The molecule has 0 radical (unpaired) electrons. The molecule has 1 heteroatoms. The average Bonchev–Trinajstić information content (AvgIpc) is 2.39.